The first-order valence-corrected chi connectivity index (χ1v) is 6.12. The Balaban J connectivity index is -0.0000000325. The molecule has 0 fully saturated rings. The lowest BCUT2D eigenvalue weighted by atomic mass is 10.9. The van der Waals surface area contributed by atoms with E-state index >= 15 is 0 Å². The molecule has 0 aromatic heterocycles. The van der Waals surface area contributed by atoms with Crippen molar-refractivity contribution in [3.8, 4) is 0 Å². The first-order valence-electron chi connectivity index (χ1n) is 6.12. The maximum Gasteiger partial charge on any atom is 0.300 e. The summed E-state index contributed by atoms with van der Waals surface area (Å²) in [6, 6.07) is 0. The van der Waals surface area contributed by atoms with Crippen LogP contribution < -0.4 is 11.5 Å². The van der Waals surface area contributed by atoms with E-state index in [2.05, 4.69) is 24.6 Å². The molecule has 0 rings (SSSR count). The lowest BCUT2D eigenvalue weighted by molar-refractivity contribution is -0.135. The Hall–Kier alpha value is -3.57. The smallest absolute Gasteiger partial charge is 0.300 e. The third kappa shape index (κ3) is 605. The maximum absolute atomic E-state index is 9.00. The highest BCUT2D eigenvalue weighted by Crippen LogP contribution is 1.43. The van der Waals surface area contributed by atoms with Crippen LogP contribution in [0.4, 0.5) is 0 Å². The summed E-state index contributed by atoms with van der Waals surface area (Å²) >= 11 is 0. The van der Waals surface area contributed by atoms with Crippen molar-refractivity contribution in [3.05, 3.63) is 25.6 Å². The summed E-state index contributed by atoms with van der Waals surface area (Å²) in [4.78, 5) is 45.0. The second-order valence-electron chi connectivity index (χ2n) is 3.07. The van der Waals surface area contributed by atoms with E-state index in [1.165, 1.54) is 12.4 Å². The van der Waals surface area contributed by atoms with Gasteiger partial charge in [0.15, 0.2) is 0 Å². The molecule has 0 aromatic carbocycles. The second kappa shape index (κ2) is 49.6. The van der Waals surface area contributed by atoms with Crippen molar-refractivity contribution in [2.75, 3.05) is 0 Å². The van der Waals surface area contributed by atoms with E-state index in [0.717, 1.165) is 34.6 Å². The standard InChI is InChI=1S/2C2H5N.5C2H4O2/c2*1-2-3;5*1-2(3)4/h2*2H,1,3H2;5*1H3,(H,3,4). The zero-order valence-electron chi connectivity index (χ0n) is 15.5. The number of carboxylic acid groups (broad SMARTS) is 5. The van der Waals surface area contributed by atoms with Crippen LogP contribution in [-0.2, 0) is 24.0 Å². The van der Waals surface area contributed by atoms with Crippen LogP contribution in [0, 0.1) is 0 Å². The Morgan fingerprint density at radius 2 is 0.538 bits per heavy atom. The van der Waals surface area contributed by atoms with Crippen LogP contribution in [0.3, 0.4) is 0 Å². The molecule has 0 spiro atoms. The third-order valence-electron chi connectivity index (χ3n) is 0. The molecule has 12 heteroatoms. The van der Waals surface area contributed by atoms with Gasteiger partial charge in [0.1, 0.15) is 0 Å². The van der Waals surface area contributed by atoms with Crippen LogP contribution in [0.5, 0.6) is 0 Å². The highest BCUT2D eigenvalue weighted by molar-refractivity contribution is 5.63. The average molecular weight is 386 g/mol. The predicted molar refractivity (Wildman–Crippen MR) is 95.3 cm³/mol. The van der Waals surface area contributed by atoms with E-state index in [0.29, 0.717) is 0 Å². The minimum absolute atomic E-state index is 0.833. The number of carboxylic acids is 5. The Labute approximate surface area is 152 Å². The van der Waals surface area contributed by atoms with Crippen LogP contribution >= 0.6 is 0 Å². The summed E-state index contributed by atoms with van der Waals surface area (Å²) in [6.07, 6.45) is 2.50. The Bertz CT molecular complexity index is 286. The van der Waals surface area contributed by atoms with Gasteiger partial charge in [-0.3, -0.25) is 24.0 Å². The highest BCUT2D eigenvalue weighted by Gasteiger charge is 1.67. The van der Waals surface area contributed by atoms with Gasteiger partial charge in [-0.2, -0.15) is 0 Å². The van der Waals surface area contributed by atoms with Crippen LogP contribution in [0.2, 0.25) is 0 Å². The molecule has 0 atom stereocenters. The SMILES string of the molecule is C=CN.C=CN.CC(=O)O.CC(=O)O.CC(=O)O.CC(=O)O.CC(=O)O. The van der Waals surface area contributed by atoms with Crippen LogP contribution in [0.25, 0.3) is 0 Å². The fourth-order valence-corrected chi connectivity index (χ4v) is 0. The van der Waals surface area contributed by atoms with Crippen LogP contribution in [0.15, 0.2) is 25.6 Å². The zero-order chi connectivity index (χ0) is 23.3. The molecule has 0 amide bonds. The van der Waals surface area contributed by atoms with Gasteiger partial charge in [-0.25, -0.2) is 0 Å². The van der Waals surface area contributed by atoms with Gasteiger partial charge >= 0.3 is 0 Å². The van der Waals surface area contributed by atoms with E-state index in [1.54, 1.807) is 0 Å². The fourth-order valence-electron chi connectivity index (χ4n) is 0. The Morgan fingerprint density at radius 1 is 0.538 bits per heavy atom. The Kier molecular flexibility index (Phi) is 82.5. The molecule has 0 aliphatic heterocycles. The highest BCUT2D eigenvalue weighted by atomic mass is 16.4. The monoisotopic (exact) mass is 386 g/mol. The largest absolute Gasteiger partial charge is 0.481 e. The molecule has 0 radical (unpaired) electrons. The summed E-state index contributed by atoms with van der Waals surface area (Å²) in [5.74, 6) is -4.17. The molecule has 0 unspecified atom stereocenters. The minimum Gasteiger partial charge on any atom is -0.481 e. The van der Waals surface area contributed by atoms with E-state index in [4.69, 9.17) is 49.5 Å². The van der Waals surface area contributed by atoms with Crippen molar-refractivity contribution in [3.63, 3.8) is 0 Å². The van der Waals surface area contributed by atoms with Crippen LogP contribution in [0.1, 0.15) is 34.6 Å². The van der Waals surface area contributed by atoms with Crippen LogP contribution in [-0.4, -0.2) is 55.4 Å². The number of hydrogen-bond donors (Lipinski definition) is 7. The number of carbonyl (C=O) groups is 5. The molecule has 0 aliphatic carbocycles. The molecule has 26 heavy (non-hydrogen) atoms. The minimum atomic E-state index is -0.833. The van der Waals surface area contributed by atoms with Crippen molar-refractivity contribution < 1.29 is 49.5 Å². The zero-order valence-corrected chi connectivity index (χ0v) is 15.5. The quantitative estimate of drug-likeness (QED) is 0.303. The number of aliphatic carboxylic acids is 5. The number of hydrogen-bond acceptors (Lipinski definition) is 7. The lowest BCUT2D eigenvalue weighted by Gasteiger charge is -1.59. The lowest BCUT2D eigenvalue weighted by Crippen LogP contribution is -1.78. The molecule has 0 saturated heterocycles. The summed E-state index contributed by atoms with van der Waals surface area (Å²) in [6.45, 7) is 11.7. The first kappa shape index (κ1) is 43.3. The molecule has 12 nitrogen and oxygen atoms in total. The fraction of sp³-hybridized carbons (Fsp3) is 0.357. The third-order valence-corrected chi connectivity index (χ3v) is 0. The van der Waals surface area contributed by atoms with Gasteiger partial charge in [0.2, 0.25) is 0 Å². The van der Waals surface area contributed by atoms with E-state index in [9.17, 15) is 0 Å². The van der Waals surface area contributed by atoms with Gasteiger partial charge in [0.05, 0.1) is 0 Å². The first-order chi connectivity index (χ1) is 11.5. The molecule has 0 heterocycles. The molecular weight excluding hydrogens is 356 g/mol. The molecule has 156 valence electrons. The number of rotatable bonds is 0. The molecular formula is C14H30N2O10. The predicted octanol–water partition coefficient (Wildman–Crippen LogP) is 0.632. The van der Waals surface area contributed by atoms with Crippen molar-refractivity contribution in [1.29, 1.82) is 0 Å². The summed E-state index contributed by atoms with van der Waals surface area (Å²) in [5.41, 5.74) is 9.22. The maximum atomic E-state index is 9.00. The summed E-state index contributed by atoms with van der Waals surface area (Å²) in [7, 11) is 0. The van der Waals surface area contributed by atoms with Crippen molar-refractivity contribution in [2.24, 2.45) is 11.5 Å². The molecule has 0 saturated carbocycles. The Morgan fingerprint density at radius 3 is 0.538 bits per heavy atom. The summed E-state index contributed by atoms with van der Waals surface area (Å²) < 4.78 is 0. The second-order valence-corrected chi connectivity index (χ2v) is 3.07. The van der Waals surface area contributed by atoms with Crippen molar-refractivity contribution in [1.82, 2.24) is 0 Å². The average Bonchev–Trinajstić information content (AvgIpc) is 2.25. The molecule has 0 aliphatic rings. The van der Waals surface area contributed by atoms with Gasteiger partial charge < -0.3 is 37.0 Å². The molecule has 0 aromatic rings. The van der Waals surface area contributed by atoms with Crippen molar-refractivity contribution >= 4 is 29.8 Å². The topological polar surface area (TPSA) is 239 Å². The van der Waals surface area contributed by atoms with Gasteiger partial charge in [-0.05, 0) is 12.4 Å². The summed E-state index contributed by atoms with van der Waals surface area (Å²) in [5, 5.41) is 37.1. The molecule has 0 bridgehead atoms. The van der Waals surface area contributed by atoms with Gasteiger partial charge in [-0.15, -0.1) is 0 Å². The molecule has 9 N–H and O–H groups in total. The van der Waals surface area contributed by atoms with Gasteiger partial charge in [-0.1, -0.05) is 13.2 Å². The number of nitrogens with two attached hydrogens (primary N) is 2. The van der Waals surface area contributed by atoms with E-state index in [-0.39, 0.29) is 0 Å². The van der Waals surface area contributed by atoms with E-state index < -0.39 is 29.8 Å². The van der Waals surface area contributed by atoms with Crippen molar-refractivity contribution in [2.45, 2.75) is 34.6 Å². The van der Waals surface area contributed by atoms with Gasteiger partial charge in [0, 0.05) is 34.6 Å². The van der Waals surface area contributed by atoms with E-state index in [1.807, 2.05) is 0 Å². The normalized spacial score (nSPS) is 5.73. The van der Waals surface area contributed by atoms with Gasteiger partial charge in [0.25, 0.3) is 29.8 Å².